The van der Waals surface area contributed by atoms with E-state index in [-0.39, 0.29) is 0 Å². The summed E-state index contributed by atoms with van der Waals surface area (Å²) in [6.45, 7) is 10.0. The highest BCUT2D eigenvalue weighted by atomic mass is 15.4. The molecule has 2 aromatic rings. The van der Waals surface area contributed by atoms with Crippen LogP contribution in [0.25, 0.3) is 0 Å². The van der Waals surface area contributed by atoms with Gasteiger partial charge in [0.15, 0.2) is 0 Å². The molecule has 0 aliphatic carbocycles. The topological polar surface area (TPSA) is 50.2 Å². The summed E-state index contributed by atoms with van der Waals surface area (Å²) in [5.74, 6) is 0.534. The van der Waals surface area contributed by atoms with Gasteiger partial charge in [-0.1, -0.05) is 17.7 Å². The second-order valence-corrected chi connectivity index (χ2v) is 5.10. The van der Waals surface area contributed by atoms with Gasteiger partial charge in [-0.25, -0.2) is 15.4 Å². The standard InChI is InChI=1S/C16H20N4/c1-10-6-7-11(2)15(8-10)14(5)19-20-16-17-12(3)9-13(4)18-16/h6-9H,1-5H3,(H,17,18,20). The molecule has 20 heavy (non-hydrogen) atoms. The van der Waals surface area contributed by atoms with E-state index >= 15 is 0 Å². The Balaban J connectivity index is 2.24. The number of rotatable bonds is 3. The maximum atomic E-state index is 4.39. The first-order chi connectivity index (χ1) is 9.45. The van der Waals surface area contributed by atoms with Crippen LogP contribution in [-0.4, -0.2) is 15.7 Å². The Bertz CT molecular complexity index is 639. The molecule has 1 aromatic heterocycles. The Hall–Kier alpha value is -2.23. The molecule has 0 aliphatic heterocycles. The van der Waals surface area contributed by atoms with Gasteiger partial charge in [-0.15, -0.1) is 0 Å². The molecular formula is C16H20N4. The van der Waals surface area contributed by atoms with E-state index in [1.54, 1.807) is 0 Å². The minimum Gasteiger partial charge on any atom is -0.245 e. The lowest BCUT2D eigenvalue weighted by Crippen LogP contribution is -2.05. The van der Waals surface area contributed by atoms with E-state index in [1.165, 1.54) is 11.1 Å². The number of anilines is 1. The fourth-order valence-corrected chi connectivity index (χ4v) is 2.10. The molecule has 4 nitrogen and oxygen atoms in total. The highest BCUT2D eigenvalue weighted by Crippen LogP contribution is 2.12. The van der Waals surface area contributed by atoms with Gasteiger partial charge >= 0.3 is 0 Å². The second-order valence-electron chi connectivity index (χ2n) is 5.10. The maximum absolute atomic E-state index is 4.39. The smallest absolute Gasteiger partial charge is 0.243 e. The third kappa shape index (κ3) is 3.41. The van der Waals surface area contributed by atoms with E-state index in [2.05, 4.69) is 52.5 Å². The molecule has 0 fully saturated rings. The van der Waals surface area contributed by atoms with Crippen molar-refractivity contribution >= 4 is 11.7 Å². The zero-order chi connectivity index (χ0) is 14.7. The van der Waals surface area contributed by atoms with Crippen LogP contribution in [0.2, 0.25) is 0 Å². The van der Waals surface area contributed by atoms with Crippen molar-refractivity contribution in [3.05, 3.63) is 52.3 Å². The van der Waals surface area contributed by atoms with E-state index in [4.69, 9.17) is 0 Å². The fourth-order valence-electron chi connectivity index (χ4n) is 2.10. The van der Waals surface area contributed by atoms with E-state index in [0.29, 0.717) is 5.95 Å². The van der Waals surface area contributed by atoms with Gasteiger partial charge in [0.2, 0.25) is 5.95 Å². The monoisotopic (exact) mass is 268 g/mol. The van der Waals surface area contributed by atoms with Gasteiger partial charge in [0.1, 0.15) is 0 Å². The number of aryl methyl sites for hydroxylation is 4. The number of hydrogen-bond donors (Lipinski definition) is 1. The van der Waals surface area contributed by atoms with E-state index in [1.807, 2.05) is 26.8 Å². The highest BCUT2D eigenvalue weighted by molar-refractivity contribution is 6.00. The van der Waals surface area contributed by atoms with Crippen molar-refractivity contribution < 1.29 is 0 Å². The molecule has 0 aliphatic rings. The quantitative estimate of drug-likeness (QED) is 0.684. The molecular weight excluding hydrogens is 248 g/mol. The van der Waals surface area contributed by atoms with Crippen LogP contribution in [0.3, 0.4) is 0 Å². The van der Waals surface area contributed by atoms with Crippen LogP contribution in [-0.2, 0) is 0 Å². The molecule has 1 heterocycles. The SMILES string of the molecule is CC(=NNc1nc(C)cc(C)n1)c1cc(C)ccc1C. The van der Waals surface area contributed by atoms with Crippen molar-refractivity contribution in [1.29, 1.82) is 0 Å². The normalized spacial score (nSPS) is 11.6. The molecule has 0 saturated heterocycles. The third-order valence-electron chi connectivity index (χ3n) is 3.09. The van der Waals surface area contributed by atoms with Crippen LogP contribution in [0.1, 0.15) is 35.0 Å². The molecule has 1 aromatic carbocycles. The Labute approximate surface area is 120 Å². The number of nitrogens with zero attached hydrogens (tertiary/aromatic N) is 3. The summed E-state index contributed by atoms with van der Waals surface area (Å²) in [7, 11) is 0. The zero-order valence-corrected chi connectivity index (χ0v) is 12.7. The molecule has 0 radical (unpaired) electrons. The van der Waals surface area contributed by atoms with Gasteiger partial charge in [0.05, 0.1) is 5.71 Å². The van der Waals surface area contributed by atoms with Crippen LogP contribution in [0.5, 0.6) is 0 Å². The van der Waals surface area contributed by atoms with Gasteiger partial charge in [-0.2, -0.15) is 5.10 Å². The number of nitrogens with one attached hydrogen (secondary N) is 1. The Morgan fingerprint density at radius 3 is 2.30 bits per heavy atom. The van der Waals surface area contributed by atoms with Crippen molar-refractivity contribution in [3.63, 3.8) is 0 Å². The largest absolute Gasteiger partial charge is 0.245 e. The number of aromatic nitrogens is 2. The van der Waals surface area contributed by atoms with E-state index in [9.17, 15) is 0 Å². The average Bonchev–Trinajstić information content (AvgIpc) is 2.38. The summed E-state index contributed by atoms with van der Waals surface area (Å²) in [6.07, 6.45) is 0. The van der Waals surface area contributed by atoms with Crippen LogP contribution >= 0.6 is 0 Å². The lowest BCUT2D eigenvalue weighted by Gasteiger charge is -2.07. The summed E-state index contributed by atoms with van der Waals surface area (Å²) in [5.41, 5.74) is 9.30. The second kappa shape index (κ2) is 5.82. The van der Waals surface area contributed by atoms with Gasteiger partial charge < -0.3 is 0 Å². The minimum atomic E-state index is 0.534. The third-order valence-corrected chi connectivity index (χ3v) is 3.09. The van der Waals surface area contributed by atoms with E-state index in [0.717, 1.165) is 22.7 Å². The summed E-state index contributed by atoms with van der Waals surface area (Å²) >= 11 is 0. The Morgan fingerprint density at radius 2 is 1.65 bits per heavy atom. The van der Waals surface area contributed by atoms with Crippen molar-refractivity contribution in [3.8, 4) is 0 Å². The number of benzene rings is 1. The van der Waals surface area contributed by atoms with Crippen LogP contribution < -0.4 is 5.43 Å². The number of hydrazone groups is 1. The molecule has 0 unspecified atom stereocenters. The molecule has 4 heteroatoms. The van der Waals surface area contributed by atoms with Gasteiger partial charge in [0.25, 0.3) is 0 Å². The molecule has 0 amide bonds. The molecule has 1 N–H and O–H groups in total. The molecule has 0 saturated carbocycles. The van der Waals surface area contributed by atoms with Crippen molar-refractivity contribution in [2.45, 2.75) is 34.6 Å². The van der Waals surface area contributed by atoms with Crippen molar-refractivity contribution in [2.24, 2.45) is 5.10 Å². The first-order valence-corrected chi connectivity index (χ1v) is 6.66. The number of hydrogen-bond acceptors (Lipinski definition) is 4. The Kier molecular flexibility index (Phi) is 4.13. The molecule has 0 atom stereocenters. The first kappa shape index (κ1) is 14.2. The summed E-state index contributed by atoms with van der Waals surface area (Å²) in [5, 5.41) is 4.39. The van der Waals surface area contributed by atoms with E-state index < -0.39 is 0 Å². The maximum Gasteiger partial charge on any atom is 0.243 e. The molecule has 104 valence electrons. The molecule has 0 spiro atoms. The first-order valence-electron chi connectivity index (χ1n) is 6.66. The van der Waals surface area contributed by atoms with Crippen molar-refractivity contribution in [1.82, 2.24) is 9.97 Å². The predicted molar refractivity (Wildman–Crippen MR) is 83.3 cm³/mol. The summed E-state index contributed by atoms with van der Waals surface area (Å²) < 4.78 is 0. The van der Waals surface area contributed by atoms with Gasteiger partial charge in [-0.3, -0.25) is 0 Å². The molecule has 0 bridgehead atoms. The zero-order valence-electron chi connectivity index (χ0n) is 12.7. The van der Waals surface area contributed by atoms with Gasteiger partial charge in [0, 0.05) is 17.0 Å². The lowest BCUT2D eigenvalue weighted by atomic mass is 10.0. The summed E-state index contributed by atoms with van der Waals surface area (Å²) in [6, 6.07) is 8.29. The summed E-state index contributed by atoms with van der Waals surface area (Å²) in [4.78, 5) is 8.62. The fraction of sp³-hybridized carbons (Fsp3) is 0.312. The van der Waals surface area contributed by atoms with Crippen LogP contribution in [0.15, 0.2) is 29.4 Å². The highest BCUT2D eigenvalue weighted by Gasteiger charge is 2.03. The predicted octanol–water partition coefficient (Wildman–Crippen LogP) is 3.55. The van der Waals surface area contributed by atoms with Crippen LogP contribution in [0.4, 0.5) is 5.95 Å². The lowest BCUT2D eigenvalue weighted by molar-refractivity contribution is 1.03. The average molecular weight is 268 g/mol. The molecule has 2 rings (SSSR count). The minimum absolute atomic E-state index is 0.534. The van der Waals surface area contributed by atoms with Crippen LogP contribution in [0, 0.1) is 27.7 Å². The van der Waals surface area contributed by atoms with Crippen molar-refractivity contribution in [2.75, 3.05) is 5.43 Å². The Morgan fingerprint density at radius 1 is 1.00 bits per heavy atom. The van der Waals surface area contributed by atoms with Gasteiger partial charge in [-0.05, 0) is 52.3 Å².